The van der Waals surface area contributed by atoms with Gasteiger partial charge in [0.25, 0.3) is 0 Å². The second-order valence-corrected chi connectivity index (χ2v) is 7.72. The molecule has 0 atom stereocenters. The van der Waals surface area contributed by atoms with E-state index in [1.807, 2.05) is 0 Å². The van der Waals surface area contributed by atoms with Gasteiger partial charge in [-0.3, -0.25) is 0 Å². The molecule has 114 valence electrons. The van der Waals surface area contributed by atoms with E-state index in [1.165, 1.54) is 44.6 Å². The number of hydrogen-bond donors (Lipinski definition) is 1. The summed E-state index contributed by atoms with van der Waals surface area (Å²) in [6.07, 6.45) is 3.70. The summed E-state index contributed by atoms with van der Waals surface area (Å²) >= 11 is 2.12. The van der Waals surface area contributed by atoms with Gasteiger partial charge in [-0.1, -0.05) is 27.2 Å². The van der Waals surface area contributed by atoms with Crippen LogP contribution < -0.4 is 5.32 Å². The third kappa shape index (κ3) is 8.90. The molecule has 0 saturated carbocycles. The van der Waals surface area contributed by atoms with Crippen LogP contribution in [0.2, 0.25) is 0 Å². The molecule has 1 heterocycles. The molecule has 0 aromatic rings. The molecule has 0 aromatic heterocycles. The largest absolute Gasteiger partial charge is 0.380 e. The van der Waals surface area contributed by atoms with E-state index in [2.05, 4.69) is 42.7 Å². The van der Waals surface area contributed by atoms with Crippen molar-refractivity contribution in [1.29, 1.82) is 0 Å². The lowest BCUT2D eigenvalue weighted by molar-refractivity contribution is 0.132. The van der Waals surface area contributed by atoms with Gasteiger partial charge in [0.05, 0.1) is 6.61 Å². The summed E-state index contributed by atoms with van der Waals surface area (Å²) in [4.78, 5) is 2.59. The fraction of sp³-hybridized carbons (Fsp3) is 1.00. The summed E-state index contributed by atoms with van der Waals surface area (Å²) in [5.74, 6) is 1.27. The first-order valence-electron chi connectivity index (χ1n) is 7.79. The maximum Gasteiger partial charge on any atom is 0.0590 e. The first kappa shape index (κ1) is 17.3. The maximum absolute atomic E-state index is 5.53. The monoisotopic (exact) mass is 288 g/mol. The Labute approximate surface area is 123 Å². The topological polar surface area (TPSA) is 24.5 Å². The normalized spacial score (nSPS) is 20.4. The standard InChI is InChI=1S/C15H32N2OS/c1-4-5-12-18-13-8-16-7-10-17-9-6-15(2,3)19-14-11-17/h16H,4-14H2,1-3H3. The minimum atomic E-state index is 0.468. The molecule has 1 saturated heterocycles. The van der Waals surface area contributed by atoms with Gasteiger partial charge in [0.1, 0.15) is 0 Å². The average molecular weight is 289 g/mol. The minimum absolute atomic E-state index is 0.468. The average Bonchev–Trinajstić information content (AvgIpc) is 2.54. The summed E-state index contributed by atoms with van der Waals surface area (Å²) in [6, 6.07) is 0. The third-order valence-corrected chi connectivity index (χ3v) is 4.97. The molecular formula is C15H32N2OS. The molecule has 3 nitrogen and oxygen atoms in total. The lowest BCUT2D eigenvalue weighted by Crippen LogP contribution is -2.35. The van der Waals surface area contributed by atoms with Crippen LogP contribution in [0.4, 0.5) is 0 Å². The van der Waals surface area contributed by atoms with Crippen molar-refractivity contribution in [3.05, 3.63) is 0 Å². The summed E-state index contributed by atoms with van der Waals surface area (Å²) in [5.41, 5.74) is 0. The molecule has 0 unspecified atom stereocenters. The third-order valence-electron chi connectivity index (χ3n) is 3.60. The fourth-order valence-corrected chi connectivity index (χ4v) is 3.28. The highest BCUT2D eigenvalue weighted by Gasteiger charge is 2.23. The zero-order valence-corrected chi connectivity index (χ0v) is 13.9. The molecule has 0 aromatic carbocycles. The first-order chi connectivity index (χ1) is 9.14. The van der Waals surface area contributed by atoms with Crippen molar-refractivity contribution in [2.75, 3.05) is 51.7 Å². The Bertz CT molecular complexity index is 224. The summed E-state index contributed by atoms with van der Waals surface area (Å²) in [7, 11) is 0. The molecule has 1 aliphatic heterocycles. The van der Waals surface area contributed by atoms with Gasteiger partial charge in [-0.05, 0) is 19.4 Å². The number of nitrogens with zero attached hydrogens (tertiary/aromatic N) is 1. The summed E-state index contributed by atoms with van der Waals surface area (Å²) in [5, 5.41) is 3.48. The minimum Gasteiger partial charge on any atom is -0.380 e. The zero-order valence-electron chi connectivity index (χ0n) is 13.0. The van der Waals surface area contributed by atoms with E-state index in [4.69, 9.17) is 4.74 Å². The van der Waals surface area contributed by atoms with Gasteiger partial charge in [0.2, 0.25) is 0 Å². The molecule has 1 N–H and O–H groups in total. The Morgan fingerprint density at radius 2 is 2.05 bits per heavy atom. The van der Waals surface area contributed by atoms with E-state index in [9.17, 15) is 0 Å². The highest BCUT2D eigenvalue weighted by atomic mass is 32.2. The molecule has 1 aliphatic rings. The second-order valence-electron chi connectivity index (χ2n) is 5.92. The molecular weight excluding hydrogens is 256 g/mol. The van der Waals surface area contributed by atoms with Crippen LogP contribution in [-0.4, -0.2) is 61.3 Å². The molecule has 4 heteroatoms. The number of unbranched alkanes of at least 4 members (excludes halogenated alkanes) is 1. The van der Waals surface area contributed by atoms with Gasteiger partial charge < -0.3 is 15.0 Å². The van der Waals surface area contributed by atoms with Crippen LogP contribution >= 0.6 is 11.8 Å². The Hall–Kier alpha value is 0.230. The highest BCUT2D eigenvalue weighted by Crippen LogP contribution is 2.30. The lowest BCUT2D eigenvalue weighted by Gasteiger charge is -2.22. The van der Waals surface area contributed by atoms with Crippen LogP contribution in [0, 0.1) is 0 Å². The predicted octanol–water partition coefficient (Wildman–Crippen LogP) is 2.61. The quantitative estimate of drug-likeness (QED) is 0.659. The van der Waals surface area contributed by atoms with E-state index in [0.717, 1.165) is 26.3 Å². The lowest BCUT2D eigenvalue weighted by atomic mass is 10.1. The Morgan fingerprint density at radius 1 is 1.21 bits per heavy atom. The predicted molar refractivity (Wildman–Crippen MR) is 86.2 cm³/mol. The Balaban J connectivity index is 1.94. The van der Waals surface area contributed by atoms with Gasteiger partial charge >= 0.3 is 0 Å². The first-order valence-corrected chi connectivity index (χ1v) is 8.77. The molecule has 19 heavy (non-hydrogen) atoms. The molecule has 0 aliphatic carbocycles. The number of ether oxygens (including phenoxy) is 1. The van der Waals surface area contributed by atoms with Crippen molar-refractivity contribution >= 4 is 11.8 Å². The smallest absolute Gasteiger partial charge is 0.0590 e. The molecule has 1 fully saturated rings. The van der Waals surface area contributed by atoms with Gasteiger partial charge in [-0.25, -0.2) is 0 Å². The van der Waals surface area contributed by atoms with Crippen molar-refractivity contribution in [3.63, 3.8) is 0 Å². The van der Waals surface area contributed by atoms with Crippen LogP contribution in [-0.2, 0) is 4.74 Å². The van der Waals surface area contributed by atoms with Crippen molar-refractivity contribution < 1.29 is 4.74 Å². The molecule has 0 radical (unpaired) electrons. The van der Waals surface area contributed by atoms with Crippen molar-refractivity contribution in [2.45, 2.75) is 44.8 Å². The number of thioether (sulfide) groups is 1. The van der Waals surface area contributed by atoms with Crippen molar-refractivity contribution in [1.82, 2.24) is 10.2 Å². The summed E-state index contributed by atoms with van der Waals surface area (Å²) < 4.78 is 6.00. The van der Waals surface area contributed by atoms with Crippen LogP contribution in [0.5, 0.6) is 0 Å². The van der Waals surface area contributed by atoms with E-state index < -0.39 is 0 Å². The van der Waals surface area contributed by atoms with E-state index in [0.29, 0.717) is 4.75 Å². The second kappa shape index (κ2) is 10.0. The number of hydrogen-bond acceptors (Lipinski definition) is 4. The van der Waals surface area contributed by atoms with Gasteiger partial charge in [0, 0.05) is 43.3 Å². The molecule has 1 rings (SSSR count). The van der Waals surface area contributed by atoms with Crippen molar-refractivity contribution in [2.24, 2.45) is 0 Å². The molecule has 0 amide bonds. The number of rotatable bonds is 9. The summed E-state index contributed by atoms with van der Waals surface area (Å²) in [6.45, 7) is 14.4. The molecule has 0 bridgehead atoms. The van der Waals surface area contributed by atoms with E-state index in [-0.39, 0.29) is 0 Å². The Kier molecular flexibility index (Phi) is 9.12. The van der Waals surface area contributed by atoms with E-state index in [1.54, 1.807) is 0 Å². The molecule has 0 spiro atoms. The zero-order chi connectivity index (χ0) is 14.0. The number of nitrogens with one attached hydrogen (secondary N) is 1. The maximum atomic E-state index is 5.53. The highest BCUT2D eigenvalue weighted by molar-refractivity contribution is 8.00. The van der Waals surface area contributed by atoms with Crippen LogP contribution in [0.3, 0.4) is 0 Å². The van der Waals surface area contributed by atoms with Gasteiger partial charge in [0.15, 0.2) is 0 Å². The van der Waals surface area contributed by atoms with Gasteiger partial charge in [-0.15, -0.1) is 0 Å². The SMILES string of the molecule is CCCCOCCNCCN1CCSC(C)(C)CC1. The van der Waals surface area contributed by atoms with Gasteiger partial charge in [-0.2, -0.15) is 11.8 Å². The van der Waals surface area contributed by atoms with Crippen LogP contribution in [0.15, 0.2) is 0 Å². The van der Waals surface area contributed by atoms with Crippen molar-refractivity contribution in [3.8, 4) is 0 Å². The fourth-order valence-electron chi connectivity index (χ4n) is 2.14. The van der Waals surface area contributed by atoms with Crippen LogP contribution in [0.25, 0.3) is 0 Å². The Morgan fingerprint density at radius 3 is 2.84 bits per heavy atom. The van der Waals surface area contributed by atoms with E-state index >= 15 is 0 Å². The van der Waals surface area contributed by atoms with Crippen LogP contribution in [0.1, 0.15) is 40.0 Å².